The molecule has 1 amide bonds. The average Bonchev–Trinajstić information content (AvgIpc) is 2.94. The van der Waals surface area contributed by atoms with Crippen LogP contribution in [0.3, 0.4) is 0 Å². The van der Waals surface area contributed by atoms with Crippen LogP contribution in [-0.4, -0.2) is 49.0 Å². The summed E-state index contributed by atoms with van der Waals surface area (Å²) in [5, 5.41) is 0. The van der Waals surface area contributed by atoms with Gasteiger partial charge in [0, 0.05) is 29.3 Å². The lowest BCUT2D eigenvalue weighted by molar-refractivity contribution is -0.107. The van der Waals surface area contributed by atoms with Crippen molar-refractivity contribution in [2.45, 2.75) is 65.4 Å². The SMILES string of the molecule is COC(=O)c1c(CCC=O)sc(CC2CCN(C(=O)OC(C)(C)C)CC2)c1C. The number of aldehydes is 1. The molecule has 0 aromatic carbocycles. The first-order valence-electron chi connectivity index (χ1n) is 9.77. The van der Waals surface area contributed by atoms with Crippen LogP contribution >= 0.6 is 11.3 Å². The van der Waals surface area contributed by atoms with Gasteiger partial charge in [0.25, 0.3) is 0 Å². The Hall–Kier alpha value is -1.89. The number of ether oxygens (including phenoxy) is 2. The van der Waals surface area contributed by atoms with Crippen molar-refractivity contribution in [3.05, 3.63) is 20.9 Å². The highest BCUT2D eigenvalue weighted by Gasteiger charge is 2.28. The molecule has 7 heteroatoms. The number of hydrogen-bond acceptors (Lipinski definition) is 6. The summed E-state index contributed by atoms with van der Waals surface area (Å²) in [4.78, 5) is 39.0. The number of aryl methyl sites for hydroxylation is 1. The fraction of sp³-hybridized carbons (Fsp3) is 0.667. The highest BCUT2D eigenvalue weighted by atomic mass is 32.1. The monoisotopic (exact) mass is 409 g/mol. The Morgan fingerprint density at radius 2 is 1.86 bits per heavy atom. The maximum atomic E-state index is 12.2. The Morgan fingerprint density at radius 1 is 1.21 bits per heavy atom. The van der Waals surface area contributed by atoms with Gasteiger partial charge in [-0.1, -0.05) is 0 Å². The van der Waals surface area contributed by atoms with E-state index in [4.69, 9.17) is 9.47 Å². The summed E-state index contributed by atoms with van der Waals surface area (Å²) < 4.78 is 10.4. The maximum absolute atomic E-state index is 12.2. The number of esters is 1. The van der Waals surface area contributed by atoms with Crippen LogP contribution in [0.1, 0.15) is 65.7 Å². The van der Waals surface area contributed by atoms with Crippen molar-refractivity contribution in [1.29, 1.82) is 0 Å². The van der Waals surface area contributed by atoms with Crippen LogP contribution < -0.4 is 0 Å². The van der Waals surface area contributed by atoms with Gasteiger partial charge in [-0.3, -0.25) is 0 Å². The quantitative estimate of drug-likeness (QED) is 0.521. The van der Waals surface area contributed by atoms with Crippen molar-refractivity contribution < 1.29 is 23.9 Å². The lowest BCUT2D eigenvalue weighted by atomic mass is 9.91. The Labute approximate surface area is 171 Å². The number of nitrogens with zero attached hydrogens (tertiary/aromatic N) is 1. The van der Waals surface area contributed by atoms with Gasteiger partial charge in [-0.15, -0.1) is 11.3 Å². The first-order valence-corrected chi connectivity index (χ1v) is 10.6. The first-order chi connectivity index (χ1) is 13.2. The molecular weight excluding hydrogens is 378 g/mol. The van der Waals surface area contributed by atoms with Crippen LogP contribution in [-0.2, 0) is 27.1 Å². The van der Waals surface area contributed by atoms with Gasteiger partial charge < -0.3 is 19.2 Å². The normalized spacial score (nSPS) is 15.4. The van der Waals surface area contributed by atoms with Crippen molar-refractivity contribution in [2.24, 2.45) is 5.92 Å². The molecule has 1 aromatic heterocycles. The van der Waals surface area contributed by atoms with Crippen LogP contribution in [0.4, 0.5) is 4.79 Å². The molecule has 1 fully saturated rings. The lowest BCUT2D eigenvalue weighted by Gasteiger charge is -2.33. The van der Waals surface area contributed by atoms with Crippen molar-refractivity contribution in [3.63, 3.8) is 0 Å². The summed E-state index contributed by atoms with van der Waals surface area (Å²) in [5.74, 6) is 0.126. The molecule has 156 valence electrons. The average molecular weight is 410 g/mol. The van der Waals surface area contributed by atoms with Crippen LogP contribution in [0.15, 0.2) is 0 Å². The van der Waals surface area contributed by atoms with Gasteiger partial charge in [-0.05, 0) is 64.9 Å². The molecule has 0 unspecified atom stereocenters. The minimum absolute atomic E-state index is 0.248. The first kappa shape index (κ1) is 22.4. The van der Waals surface area contributed by atoms with Crippen LogP contribution in [0.5, 0.6) is 0 Å². The van der Waals surface area contributed by atoms with E-state index in [0.29, 0.717) is 37.4 Å². The van der Waals surface area contributed by atoms with E-state index in [-0.39, 0.29) is 12.1 Å². The summed E-state index contributed by atoms with van der Waals surface area (Å²) in [6.45, 7) is 8.95. The van der Waals surface area contributed by atoms with E-state index < -0.39 is 5.60 Å². The molecular formula is C21H31NO5S. The third-order valence-corrected chi connectivity index (χ3v) is 6.31. The fourth-order valence-electron chi connectivity index (χ4n) is 3.46. The fourth-order valence-corrected chi connectivity index (χ4v) is 4.89. The molecule has 0 spiro atoms. The molecule has 28 heavy (non-hydrogen) atoms. The molecule has 2 heterocycles. The summed E-state index contributed by atoms with van der Waals surface area (Å²) in [6.07, 6.45) is 4.30. The topological polar surface area (TPSA) is 72.9 Å². The Morgan fingerprint density at radius 3 is 2.39 bits per heavy atom. The van der Waals surface area contributed by atoms with E-state index in [2.05, 4.69) is 0 Å². The molecule has 0 atom stereocenters. The van der Waals surface area contributed by atoms with Gasteiger partial charge in [-0.25, -0.2) is 9.59 Å². The standard InChI is InChI=1S/C21H31NO5S/c1-14-17(28-16(7-6-12-23)18(14)19(24)26-5)13-15-8-10-22(11-9-15)20(25)27-21(2,3)4/h12,15H,6-11,13H2,1-5H3. The van der Waals surface area contributed by atoms with Crippen LogP contribution in [0, 0.1) is 12.8 Å². The van der Waals surface area contributed by atoms with Crippen molar-refractivity contribution in [2.75, 3.05) is 20.2 Å². The minimum atomic E-state index is -0.482. The second kappa shape index (κ2) is 9.54. The van der Waals surface area contributed by atoms with Crippen LogP contribution in [0.25, 0.3) is 0 Å². The van der Waals surface area contributed by atoms with Crippen molar-refractivity contribution in [3.8, 4) is 0 Å². The predicted molar refractivity (Wildman–Crippen MR) is 109 cm³/mol. The Bertz CT molecular complexity index is 711. The van der Waals surface area contributed by atoms with Gasteiger partial charge in [0.1, 0.15) is 11.9 Å². The molecule has 0 bridgehead atoms. The lowest BCUT2D eigenvalue weighted by Crippen LogP contribution is -2.42. The zero-order valence-electron chi connectivity index (χ0n) is 17.5. The van der Waals surface area contributed by atoms with E-state index in [1.165, 1.54) is 12.0 Å². The molecule has 0 aliphatic carbocycles. The minimum Gasteiger partial charge on any atom is -0.465 e. The van der Waals surface area contributed by atoms with E-state index in [1.807, 2.05) is 27.7 Å². The highest BCUT2D eigenvalue weighted by Crippen LogP contribution is 2.34. The van der Waals surface area contributed by atoms with E-state index >= 15 is 0 Å². The third kappa shape index (κ3) is 5.80. The molecule has 6 nitrogen and oxygen atoms in total. The van der Waals surface area contributed by atoms with Crippen LogP contribution in [0.2, 0.25) is 0 Å². The Kier molecular flexibility index (Phi) is 7.63. The smallest absolute Gasteiger partial charge is 0.410 e. The number of hydrogen-bond donors (Lipinski definition) is 0. The summed E-state index contributed by atoms with van der Waals surface area (Å²) >= 11 is 1.61. The van der Waals surface area contributed by atoms with E-state index in [9.17, 15) is 14.4 Å². The number of amides is 1. The summed E-state index contributed by atoms with van der Waals surface area (Å²) in [7, 11) is 1.38. The molecule has 1 aliphatic rings. The molecule has 1 saturated heterocycles. The predicted octanol–water partition coefficient (Wildman–Crippen LogP) is 4.16. The highest BCUT2D eigenvalue weighted by molar-refractivity contribution is 7.12. The summed E-state index contributed by atoms with van der Waals surface area (Å²) in [5.41, 5.74) is 1.10. The second-order valence-electron chi connectivity index (χ2n) is 8.26. The molecule has 1 aliphatic heterocycles. The van der Waals surface area contributed by atoms with E-state index in [1.54, 1.807) is 16.2 Å². The molecule has 0 radical (unpaired) electrons. The number of likely N-dealkylation sites (tertiary alicyclic amines) is 1. The zero-order valence-corrected chi connectivity index (χ0v) is 18.3. The Balaban J connectivity index is 2.03. The van der Waals surface area contributed by atoms with Crippen molar-refractivity contribution in [1.82, 2.24) is 4.90 Å². The molecule has 2 rings (SSSR count). The number of thiophene rings is 1. The van der Waals surface area contributed by atoms with Crippen molar-refractivity contribution >= 4 is 29.7 Å². The number of piperidine rings is 1. The number of carbonyl (C=O) groups is 3. The van der Waals surface area contributed by atoms with Gasteiger partial charge in [0.05, 0.1) is 12.7 Å². The number of methoxy groups -OCH3 is 1. The van der Waals surface area contributed by atoms with Gasteiger partial charge in [-0.2, -0.15) is 0 Å². The number of rotatable bonds is 6. The largest absolute Gasteiger partial charge is 0.465 e. The maximum Gasteiger partial charge on any atom is 0.410 e. The number of carbonyl (C=O) groups excluding carboxylic acids is 3. The third-order valence-electron chi connectivity index (χ3n) is 4.94. The van der Waals surface area contributed by atoms with Gasteiger partial charge >= 0.3 is 12.1 Å². The molecule has 0 saturated carbocycles. The summed E-state index contributed by atoms with van der Waals surface area (Å²) in [6, 6.07) is 0. The van der Waals surface area contributed by atoms with Gasteiger partial charge in [0.15, 0.2) is 0 Å². The molecule has 1 aromatic rings. The molecule has 0 N–H and O–H groups in total. The second-order valence-corrected chi connectivity index (χ2v) is 9.45. The zero-order chi connectivity index (χ0) is 20.9. The van der Waals surface area contributed by atoms with E-state index in [0.717, 1.165) is 36.0 Å². The van der Waals surface area contributed by atoms with Gasteiger partial charge in [0.2, 0.25) is 0 Å².